The Morgan fingerprint density at radius 2 is 1.81 bits per heavy atom. The normalized spacial score (nSPS) is 13.6. The van der Waals surface area contributed by atoms with E-state index in [1.807, 2.05) is 25.1 Å². The Balaban J connectivity index is 0.00000676. The molecule has 0 bridgehead atoms. The van der Waals surface area contributed by atoms with Crippen molar-refractivity contribution in [3.63, 3.8) is 0 Å². The molecule has 1 rings (SSSR count). The molecule has 0 spiro atoms. The minimum absolute atomic E-state index is 0. The minimum atomic E-state index is -1.83. The van der Waals surface area contributed by atoms with Crippen molar-refractivity contribution in [1.29, 1.82) is 0 Å². The summed E-state index contributed by atoms with van der Waals surface area (Å²) in [6.07, 6.45) is 0.414. The van der Waals surface area contributed by atoms with Crippen LogP contribution in [0.15, 0.2) is 30.3 Å². The molecule has 1 aromatic carbocycles. The average molecular weight is 387 g/mol. The van der Waals surface area contributed by atoms with Crippen molar-refractivity contribution >= 4 is 17.8 Å². The number of nitrogens with one attached hydrogen (secondary N) is 1. The van der Waals surface area contributed by atoms with Crippen molar-refractivity contribution in [3.8, 4) is 0 Å². The van der Waals surface area contributed by atoms with Crippen LogP contribution >= 0.6 is 0 Å². The number of carbonyl (C=O) groups is 3. The zero-order valence-electron chi connectivity index (χ0n) is 16.1. The number of carbonyl (C=O) groups excluding carboxylic acids is 3. The molecule has 1 amide bonds. The number of aliphatic carboxylic acids is 1. The largest absolute Gasteiger partial charge is 1.00 e. The van der Waals surface area contributed by atoms with E-state index in [0.29, 0.717) is 6.42 Å². The molecule has 0 aliphatic carbocycles. The summed E-state index contributed by atoms with van der Waals surface area (Å²) < 4.78 is 5.06. The van der Waals surface area contributed by atoms with Crippen molar-refractivity contribution in [2.45, 2.75) is 58.3 Å². The molecule has 0 aliphatic heterocycles. The van der Waals surface area contributed by atoms with E-state index in [4.69, 9.17) is 4.74 Å². The van der Waals surface area contributed by atoms with Crippen molar-refractivity contribution in [2.75, 3.05) is 0 Å². The van der Waals surface area contributed by atoms with Crippen molar-refractivity contribution in [1.82, 2.24) is 5.32 Å². The van der Waals surface area contributed by atoms with Crippen LogP contribution in [0.4, 0.5) is 4.79 Å². The molecular formula is C19H26NNaO6. The van der Waals surface area contributed by atoms with E-state index in [0.717, 1.165) is 18.4 Å². The molecule has 144 valence electrons. The van der Waals surface area contributed by atoms with Gasteiger partial charge in [0.05, 0.1) is 18.1 Å². The fourth-order valence-electron chi connectivity index (χ4n) is 2.61. The van der Waals surface area contributed by atoms with Crippen LogP contribution in [0.2, 0.25) is 0 Å². The predicted molar refractivity (Wildman–Crippen MR) is 92.9 cm³/mol. The minimum Gasteiger partial charge on any atom is -0.542 e. The number of rotatable bonds is 11. The molecule has 0 fully saturated rings. The van der Waals surface area contributed by atoms with Crippen molar-refractivity contribution < 1.29 is 58.9 Å². The molecular weight excluding hydrogens is 361 g/mol. The van der Waals surface area contributed by atoms with E-state index in [-0.39, 0.29) is 42.6 Å². The van der Waals surface area contributed by atoms with Crippen molar-refractivity contribution in [2.24, 2.45) is 5.92 Å². The van der Waals surface area contributed by atoms with Gasteiger partial charge in [-0.25, -0.2) is 4.79 Å². The number of hydrogen-bond acceptors (Lipinski definition) is 6. The van der Waals surface area contributed by atoms with Crippen molar-refractivity contribution in [3.05, 3.63) is 35.9 Å². The average Bonchev–Trinajstić information content (AvgIpc) is 2.63. The van der Waals surface area contributed by atoms with Crippen LogP contribution in [0.25, 0.3) is 0 Å². The van der Waals surface area contributed by atoms with Gasteiger partial charge in [-0.05, 0) is 18.9 Å². The van der Waals surface area contributed by atoms with Gasteiger partial charge in [-0.2, -0.15) is 0 Å². The Morgan fingerprint density at radius 1 is 1.19 bits per heavy atom. The molecule has 0 aromatic heterocycles. The third kappa shape index (κ3) is 9.37. The molecule has 27 heavy (non-hydrogen) atoms. The van der Waals surface area contributed by atoms with Crippen LogP contribution in [0.5, 0.6) is 0 Å². The fourth-order valence-corrected chi connectivity index (χ4v) is 2.61. The summed E-state index contributed by atoms with van der Waals surface area (Å²) in [5, 5.41) is 23.7. The Kier molecular flexibility index (Phi) is 13.0. The standard InChI is InChI=1S/C19H27NO6.Na/c1-3-4-6-11-15(17(22)18(23)24)16(21)13(2)20-19(25)26-12-14-9-7-5-8-10-14;/h5,7-10,13,15-16,21H,3-4,6,11-12H2,1-2H3,(H,20,25)(H,23,24);/q;+1/p-1/t13-,15?,16?;/m1./s1. The first kappa shape index (κ1) is 25.6. The second-order valence-electron chi connectivity index (χ2n) is 6.24. The van der Waals surface area contributed by atoms with E-state index in [2.05, 4.69) is 5.32 Å². The zero-order valence-corrected chi connectivity index (χ0v) is 18.1. The van der Waals surface area contributed by atoms with Gasteiger partial charge in [-0.3, -0.25) is 4.79 Å². The first-order valence-corrected chi connectivity index (χ1v) is 8.77. The van der Waals surface area contributed by atoms with Crippen LogP contribution < -0.4 is 40.0 Å². The summed E-state index contributed by atoms with van der Waals surface area (Å²) in [5.74, 6) is -4.11. The number of ether oxygens (including phenoxy) is 1. The smallest absolute Gasteiger partial charge is 0.542 e. The number of carboxylic acids is 1. The maximum absolute atomic E-state index is 11.9. The third-order valence-electron chi connectivity index (χ3n) is 4.14. The van der Waals surface area contributed by atoms with Crippen LogP contribution in [0.1, 0.15) is 45.1 Å². The SMILES string of the molecule is CCCCCC(C(=O)C(=O)[O-])C(O)[C@@H](C)NC(=O)OCc1ccccc1.[Na+]. The molecule has 7 nitrogen and oxygen atoms in total. The zero-order chi connectivity index (χ0) is 19.5. The summed E-state index contributed by atoms with van der Waals surface area (Å²) in [4.78, 5) is 34.6. The number of Topliss-reactive ketones (excluding diaryl/α,β-unsaturated/α-hetero) is 1. The molecule has 0 radical (unpaired) electrons. The molecule has 0 heterocycles. The number of aliphatic hydroxyl groups excluding tert-OH is 1. The molecule has 0 saturated carbocycles. The van der Waals surface area contributed by atoms with E-state index in [9.17, 15) is 24.6 Å². The molecule has 0 aliphatic rings. The van der Waals surface area contributed by atoms with Gasteiger partial charge in [-0.15, -0.1) is 0 Å². The number of unbranched alkanes of at least 4 members (excludes halogenated alkanes) is 2. The van der Waals surface area contributed by atoms with Gasteiger partial charge >= 0.3 is 35.7 Å². The van der Waals surface area contributed by atoms with E-state index in [1.165, 1.54) is 6.92 Å². The summed E-state index contributed by atoms with van der Waals surface area (Å²) in [7, 11) is 0. The quantitative estimate of drug-likeness (QED) is 0.263. The fraction of sp³-hybridized carbons (Fsp3) is 0.526. The van der Waals surface area contributed by atoms with Gasteiger partial charge in [0, 0.05) is 0 Å². The van der Waals surface area contributed by atoms with Gasteiger partial charge in [0.1, 0.15) is 12.6 Å². The van der Waals surface area contributed by atoms with Gasteiger partial charge < -0.3 is 25.1 Å². The van der Waals surface area contributed by atoms with Crippen LogP contribution in [0.3, 0.4) is 0 Å². The molecule has 2 unspecified atom stereocenters. The maximum atomic E-state index is 11.9. The van der Waals surface area contributed by atoms with Crippen LogP contribution in [0, 0.1) is 5.92 Å². The van der Waals surface area contributed by atoms with Gasteiger partial charge in [0.2, 0.25) is 0 Å². The molecule has 1 aromatic rings. The topological polar surface area (TPSA) is 116 Å². The maximum Gasteiger partial charge on any atom is 1.00 e. The van der Waals surface area contributed by atoms with E-state index < -0.39 is 35.9 Å². The van der Waals surface area contributed by atoms with Gasteiger partial charge in [0.15, 0.2) is 5.78 Å². The first-order chi connectivity index (χ1) is 12.4. The summed E-state index contributed by atoms with van der Waals surface area (Å²) in [6.45, 7) is 3.52. The summed E-state index contributed by atoms with van der Waals surface area (Å²) in [6, 6.07) is 8.22. The summed E-state index contributed by atoms with van der Waals surface area (Å²) in [5.41, 5.74) is 0.806. The van der Waals surface area contributed by atoms with Gasteiger partial charge in [-0.1, -0.05) is 56.5 Å². The number of hydrogen-bond donors (Lipinski definition) is 2. The molecule has 3 atom stereocenters. The predicted octanol–water partition coefficient (Wildman–Crippen LogP) is -1.82. The number of benzene rings is 1. The number of alkyl carbamates (subject to hydrolysis) is 1. The third-order valence-corrected chi connectivity index (χ3v) is 4.14. The number of amides is 1. The van der Waals surface area contributed by atoms with Crippen LogP contribution in [-0.2, 0) is 20.9 Å². The Morgan fingerprint density at radius 3 is 2.37 bits per heavy atom. The van der Waals surface area contributed by atoms with Gasteiger partial charge in [0.25, 0.3) is 0 Å². The van der Waals surface area contributed by atoms with Crippen LogP contribution in [-0.4, -0.2) is 35.1 Å². The Bertz CT molecular complexity index is 595. The number of aliphatic hydroxyl groups is 1. The molecule has 0 saturated heterocycles. The molecule has 2 N–H and O–H groups in total. The van der Waals surface area contributed by atoms with E-state index >= 15 is 0 Å². The number of ketones is 1. The number of carboxylic acid groups (broad SMARTS) is 1. The Hall–Kier alpha value is -1.41. The van der Waals surface area contributed by atoms with E-state index in [1.54, 1.807) is 12.1 Å². The monoisotopic (exact) mass is 387 g/mol. The first-order valence-electron chi connectivity index (χ1n) is 8.77. The second-order valence-corrected chi connectivity index (χ2v) is 6.24. The Labute approximate surface area is 181 Å². The summed E-state index contributed by atoms with van der Waals surface area (Å²) >= 11 is 0. The molecule has 8 heteroatoms. The second kappa shape index (κ2) is 13.7.